The van der Waals surface area contributed by atoms with Crippen molar-refractivity contribution in [3.63, 3.8) is 0 Å². The first-order chi connectivity index (χ1) is 6.88. The predicted molar refractivity (Wildman–Crippen MR) is 64.7 cm³/mol. The van der Waals surface area contributed by atoms with E-state index < -0.39 is 0 Å². The molecule has 2 nitrogen and oxygen atoms in total. The van der Waals surface area contributed by atoms with Gasteiger partial charge in [-0.05, 0) is 6.42 Å². The van der Waals surface area contributed by atoms with Gasteiger partial charge in [0.1, 0.15) is 0 Å². The lowest BCUT2D eigenvalue weighted by atomic mass is 10.1. The van der Waals surface area contributed by atoms with Crippen molar-refractivity contribution < 1.29 is 0 Å². The van der Waals surface area contributed by atoms with Gasteiger partial charge in [0.15, 0.2) is 0 Å². The number of hydrogen-bond acceptors (Lipinski definition) is 3. The maximum Gasteiger partial charge on any atom is 0.0545 e. The summed E-state index contributed by atoms with van der Waals surface area (Å²) >= 11 is 1.86. The van der Waals surface area contributed by atoms with Crippen molar-refractivity contribution in [1.82, 2.24) is 10.2 Å². The molecule has 1 aliphatic heterocycles. The highest BCUT2D eigenvalue weighted by molar-refractivity contribution is 7.99. The van der Waals surface area contributed by atoms with Crippen molar-refractivity contribution in [3.05, 3.63) is 0 Å². The minimum Gasteiger partial charge on any atom is -0.314 e. The van der Waals surface area contributed by atoms with Crippen LogP contribution in [-0.4, -0.2) is 48.6 Å². The van der Waals surface area contributed by atoms with Gasteiger partial charge in [0.05, 0.1) is 5.75 Å². The Labute approximate surface area is 91.8 Å². The van der Waals surface area contributed by atoms with Gasteiger partial charge in [0, 0.05) is 38.0 Å². The first-order valence-electron chi connectivity index (χ1n) is 5.34. The molecule has 0 amide bonds. The lowest BCUT2D eigenvalue weighted by molar-refractivity contribution is 0.167. The predicted octanol–water partition coefficient (Wildman–Crippen LogP) is 1.04. The van der Waals surface area contributed by atoms with Gasteiger partial charge in [-0.15, -0.1) is 18.2 Å². The van der Waals surface area contributed by atoms with Crippen LogP contribution < -0.4 is 5.32 Å². The van der Waals surface area contributed by atoms with Crippen molar-refractivity contribution in [2.45, 2.75) is 19.4 Å². The molecule has 80 valence electrons. The topological polar surface area (TPSA) is 15.3 Å². The number of terminal acetylenes is 1. The highest BCUT2D eigenvalue weighted by atomic mass is 32.2. The number of nitrogens with one attached hydrogen (secondary N) is 1. The summed E-state index contributed by atoms with van der Waals surface area (Å²) in [5.41, 5.74) is 0. The first-order valence-corrected chi connectivity index (χ1v) is 6.50. The Balaban J connectivity index is 2.17. The van der Waals surface area contributed by atoms with Crippen LogP contribution in [0.1, 0.15) is 13.3 Å². The molecular weight excluding hydrogens is 192 g/mol. The van der Waals surface area contributed by atoms with Crippen molar-refractivity contribution >= 4 is 11.8 Å². The molecule has 1 N–H and O–H groups in total. The van der Waals surface area contributed by atoms with E-state index in [4.69, 9.17) is 6.42 Å². The van der Waals surface area contributed by atoms with E-state index in [1.807, 2.05) is 11.8 Å². The molecule has 0 aliphatic carbocycles. The Morgan fingerprint density at radius 2 is 2.50 bits per heavy atom. The minimum atomic E-state index is 0.732. The van der Waals surface area contributed by atoms with E-state index in [9.17, 15) is 0 Å². The van der Waals surface area contributed by atoms with E-state index in [0.717, 1.165) is 24.9 Å². The smallest absolute Gasteiger partial charge is 0.0545 e. The zero-order chi connectivity index (χ0) is 10.2. The van der Waals surface area contributed by atoms with Crippen LogP contribution in [0, 0.1) is 12.3 Å². The number of thioether (sulfide) groups is 1. The van der Waals surface area contributed by atoms with E-state index in [2.05, 4.69) is 23.1 Å². The van der Waals surface area contributed by atoms with Gasteiger partial charge in [-0.3, -0.25) is 4.90 Å². The van der Waals surface area contributed by atoms with Crippen LogP contribution >= 0.6 is 11.8 Å². The molecule has 1 atom stereocenters. The minimum absolute atomic E-state index is 0.732. The van der Waals surface area contributed by atoms with Gasteiger partial charge < -0.3 is 5.32 Å². The average molecular weight is 212 g/mol. The number of hydrogen-bond donors (Lipinski definition) is 1. The van der Waals surface area contributed by atoms with E-state index in [0.29, 0.717) is 0 Å². The Hall–Kier alpha value is -0.170. The summed E-state index contributed by atoms with van der Waals surface area (Å²) in [6.07, 6.45) is 6.45. The molecule has 1 fully saturated rings. The zero-order valence-corrected chi connectivity index (χ0v) is 9.78. The SMILES string of the molecule is C#CCSCCN1CCNCC1CC. The van der Waals surface area contributed by atoms with Crippen LogP contribution in [0.4, 0.5) is 0 Å². The van der Waals surface area contributed by atoms with Crippen LogP contribution in [0.3, 0.4) is 0 Å². The van der Waals surface area contributed by atoms with E-state index in [1.54, 1.807) is 0 Å². The van der Waals surface area contributed by atoms with E-state index in [1.165, 1.54) is 25.3 Å². The van der Waals surface area contributed by atoms with Crippen LogP contribution in [-0.2, 0) is 0 Å². The highest BCUT2D eigenvalue weighted by Gasteiger charge is 2.19. The average Bonchev–Trinajstić information content (AvgIpc) is 2.25. The third kappa shape index (κ3) is 3.91. The number of rotatable bonds is 5. The Bertz CT molecular complexity index is 188. The normalized spacial score (nSPS) is 23.3. The largest absolute Gasteiger partial charge is 0.314 e. The summed E-state index contributed by atoms with van der Waals surface area (Å²) in [6, 6.07) is 0.732. The molecule has 0 saturated carbocycles. The van der Waals surface area contributed by atoms with Crippen LogP contribution in [0.25, 0.3) is 0 Å². The molecule has 1 heterocycles. The summed E-state index contributed by atoms with van der Waals surface area (Å²) in [5.74, 6) is 4.68. The third-order valence-corrected chi connectivity index (χ3v) is 3.49. The molecule has 0 aromatic heterocycles. The summed E-state index contributed by atoms with van der Waals surface area (Å²) in [5, 5.41) is 3.44. The Morgan fingerprint density at radius 3 is 3.21 bits per heavy atom. The van der Waals surface area contributed by atoms with Gasteiger partial charge >= 0.3 is 0 Å². The van der Waals surface area contributed by atoms with Gasteiger partial charge in [-0.2, -0.15) is 0 Å². The molecule has 14 heavy (non-hydrogen) atoms. The fourth-order valence-electron chi connectivity index (χ4n) is 1.81. The van der Waals surface area contributed by atoms with E-state index in [-0.39, 0.29) is 0 Å². The lowest BCUT2D eigenvalue weighted by Gasteiger charge is -2.35. The summed E-state index contributed by atoms with van der Waals surface area (Å²) in [7, 11) is 0. The fraction of sp³-hybridized carbons (Fsp3) is 0.818. The summed E-state index contributed by atoms with van der Waals surface area (Å²) < 4.78 is 0. The molecule has 0 aromatic rings. The molecule has 1 saturated heterocycles. The van der Waals surface area contributed by atoms with Gasteiger partial charge in [-0.1, -0.05) is 12.8 Å². The quantitative estimate of drug-likeness (QED) is 0.541. The van der Waals surface area contributed by atoms with Gasteiger partial charge in [0.2, 0.25) is 0 Å². The summed E-state index contributed by atoms with van der Waals surface area (Å²) in [6.45, 7) is 6.92. The Kier molecular flexibility index (Phi) is 6.09. The molecular formula is C11H20N2S. The molecule has 0 spiro atoms. The Morgan fingerprint density at radius 1 is 1.64 bits per heavy atom. The third-order valence-electron chi connectivity index (χ3n) is 2.65. The summed E-state index contributed by atoms with van der Waals surface area (Å²) in [4.78, 5) is 2.58. The zero-order valence-electron chi connectivity index (χ0n) is 8.96. The monoisotopic (exact) mass is 212 g/mol. The second kappa shape index (κ2) is 7.17. The fourth-order valence-corrected chi connectivity index (χ4v) is 2.44. The van der Waals surface area contributed by atoms with Crippen molar-refractivity contribution in [2.24, 2.45) is 0 Å². The van der Waals surface area contributed by atoms with Crippen LogP contribution in [0.15, 0.2) is 0 Å². The van der Waals surface area contributed by atoms with Crippen LogP contribution in [0.2, 0.25) is 0 Å². The number of piperazine rings is 1. The van der Waals surface area contributed by atoms with E-state index >= 15 is 0 Å². The second-order valence-corrected chi connectivity index (χ2v) is 4.66. The molecule has 1 aliphatic rings. The van der Waals surface area contributed by atoms with Crippen molar-refractivity contribution in [3.8, 4) is 12.3 Å². The molecule has 0 radical (unpaired) electrons. The lowest BCUT2D eigenvalue weighted by Crippen LogP contribution is -2.51. The molecule has 3 heteroatoms. The van der Waals surface area contributed by atoms with Crippen molar-refractivity contribution in [2.75, 3.05) is 37.7 Å². The van der Waals surface area contributed by atoms with Crippen LogP contribution in [0.5, 0.6) is 0 Å². The molecule has 0 aromatic carbocycles. The first kappa shape index (κ1) is 11.9. The van der Waals surface area contributed by atoms with Gasteiger partial charge in [-0.25, -0.2) is 0 Å². The van der Waals surface area contributed by atoms with Crippen molar-refractivity contribution in [1.29, 1.82) is 0 Å². The standard InChI is InChI=1S/C11H20N2S/c1-3-8-14-9-7-13-6-5-12-10-11(13)4-2/h1,11-12H,4-10H2,2H3. The number of nitrogens with zero attached hydrogens (tertiary/aromatic N) is 1. The maximum atomic E-state index is 5.21. The maximum absolute atomic E-state index is 5.21. The molecule has 0 bridgehead atoms. The van der Waals surface area contributed by atoms with Gasteiger partial charge in [0.25, 0.3) is 0 Å². The highest BCUT2D eigenvalue weighted by Crippen LogP contribution is 2.08. The second-order valence-electron chi connectivity index (χ2n) is 3.56. The molecule has 1 rings (SSSR count). The molecule has 1 unspecified atom stereocenters.